The van der Waals surface area contributed by atoms with E-state index in [1.165, 1.54) is 10.4 Å². The molecule has 0 saturated carbocycles. The first-order valence-corrected chi connectivity index (χ1v) is 9.84. The molecule has 1 aliphatic heterocycles. The lowest BCUT2D eigenvalue weighted by molar-refractivity contribution is -0.125. The van der Waals surface area contributed by atoms with E-state index >= 15 is 0 Å². The summed E-state index contributed by atoms with van der Waals surface area (Å²) in [6.45, 7) is 6.96. The van der Waals surface area contributed by atoms with Crippen LogP contribution in [-0.4, -0.2) is 44.7 Å². The lowest BCUT2D eigenvalue weighted by Crippen LogP contribution is -2.42. The van der Waals surface area contributed by atoms with E-state index in [1.54, 1.807) is 12.1 Å². The molecule has 1 aliphatic rings. The number of rotatable bonds is 4. The third kappa shape index (κ3) is 4.72. The van der Waals surface area contributed by atoms with Crippen molar-refractivity contribution < 1.29 is 22.7 Å². The number of hydrogen-bond donors (Lipinski definition) is 1. The molecule has 1 N–H and O–H groups in total. The highest BCUT2D eigenvalue weighted by atomic mass is 32.2. The predicted octanol–water partition coefficient (Wildman–Crippen LogP) is 1.47. The minimum absolute atomic E-state index is 0.200. The van der Waals surface area contributed by atoms with Crippen LogP contribution in [0.25, 0.3) is 0 Å². The van der Waals surface area contributed by atoms with Crippen molar-refractivity contribution in [2.45, 2.75) is 45.7 Å². The Morgan fingerprint density at radius 2 is 1.96 bits per heavy atom. The standard InChI is InChI=1S/C17H24N2O5S/c1-11-8-13-9-12(6-7-14(13)19(11)25(5,22)23)16(21)24-10-15(20)18-17(2,3)4/h6-7,9,11H,8,10H2,1-5H3,(H,18,20)/t11-/m0/s1. The van der Waals surface area contributed by atoms with Crippen LogP contribution in [0.1, 0.15) is 43.6 Å². The monoisotopic (exact) mass is 368 g/mol. The molecule has 1 amide bonds. The maximum atomic E-state index is 12.1. The first kappa shape index (κ1) is 19.2. The lowest BCUT2D eigenvalue weighted by Gasteiger charge is -2.22. The van der Waals surface area contributed by atoms with Gasteiger partial charge in [-0.2, -0.15) is 0 Å². The van der Waals surface area contributed by atoms with Gasteiger partial charge in [-0.15, -0.1) is 0 Å². The zero-order valence-electron chi connectivity index (χ0n) is 15.1. The van der Waals surface area contributed by atoms with Gasteiger partial charge < -0.3 is 10.1 Å². The average Bonchev–Trinajstić information content (AvgIpc) is 2.77. The molecule has 0 unspecified atom stereocenters. The first-order valence-electron chi connectivity index (χ1n) is 7.99. The normalized spacial score (nSPS) is 17.2. The third-order valence-corrected chi connectivity index (χ3v) is 4.95. The van der Waals surface area contributed by atoms with Crippen LogP contribution in [0.15, 0.2) is 18.2 Å². The summed E-state index contributed by atoms with van der Waals surface area (Å²) in [5.74, 6) is -0.990. The number of amides is 1. The molecule has 1 heterocycles. The number of carbonyl (C=O) groups is 2. The Hall–Kier alpha value is -2.09. The summed E-state index contributed by atoms with van der Waals surface area (Å²) in [6.07, 6.45) is 1.68. The second-order valence-corrected chi connectivity index (χ2v) is 9.19. The highest BCUT2D eigenvalue weighted by Gasteiger charge is 2.33. The number of sulfonamides is 1. The number of benzene rings is 1. The van der Waals surface area contributed by atoms with Gasteiger partial charge in [-0.3, -0.25) is 9.10 Å². The topological polar surface area (TPSA) is 92.8 Å². The van der Waals surface area contributed by atoms with Crippen molar-refractivity contribution in [1.82, 2.24) is 5.32 Å². The molecule has 2 rings (SSSR count). The molecule has 0 aromatic heterocycles. The lowest BCUT2D eigenvalue weighted by atomic mass is 10.1. The average molecular weight is 368 g/mol. The van der Waals surface area contributed by atoms with Crippen LogP contribution in [0.5, 0.6) is 0 Å². The SMILES string of the molecule is C[C@H]1Cc2cc(C(=O)OCC(=O)NC(C)(C)C)ccc2N1S(C)(=O)=O. The molecule has 1 aromatic carbocycles. The minimum Gasteiger partial charge on any atom is -0.452 e. The molecule has 0 aliphatic carbocycles. The predicted molar refractivity (Wildman–Crippen MR) is 95.1 cm³/mol. The minimum atomic E-state index is -3.37. The number of ether oxygens (including phenoxy) is 1. The Labute approximate surface area is 148 Å². The van der Waals surface area contributed by atoms with Crippen LogP contribution >= 0.6 is 0 Å². The zero-order valence-corrected chi connectivity index (χ0v) is 15.9. The van der Waals surface area contributed by atoms with Gasteiger partial charge in [-0.1, -0.05) is 0 Å². The van der Waals surface area contributed by atoms with E-state index in [4.69, 9.17) is 4.74 Å². The summed E-state index contributed by atoms with van der Waals surface area (Å²) in [4.78, 5) is 23.9. The van der Waals surface area contributed by atoms with E-state index in [0.29, 0.717) is 17.7 Å². The van der Waals surface area contributed by atoms with Gasteiger partial charge in [0.25, 0.3) is 5.91 Å². The summed E-state index contributed by atoms with van der Waals surface area (Å²) >= 11 is 0. The van der Waals surface area contributed by atoms with Crippen molar-refractivity contribution in [3.63, 3.8) is 0 Å². The van der Waals surface area contributed by atoms with Crippen molar-refractivity contribution >= 4 is 27.6 Å². The van der Waals surface area contributed by atoms with E-state index in [0.717, 1.165) is 11.8 Å². The molecule has 0 fully saturated rings. The van der Waals surface area contributed by atoms with Crippen molar-refractivity contribution in [2.75, 3.05) is 17.2 Å². The molecule has 1 aromatic rings. The van der Waals surface area contributed by atoms with Crippen molar-refractivity contribution in [3.8, 4) is 0 Å². The van der Waals surface area contributed by atoms with Crippen LogP contribution < -0.4 is 9.62 Å². The van der Waals surface area contributed by atoms with E-state index in [1.807, 2.05) is 27.7 Å². The fraction of sp³-hybridized carbons (Fsp3) is 0.529. The van der Waals surface area contributed by atoms with Gasteiger partial charge in [0.15, 0.2) is 6.61 Å². The van der Waals surface area contributed by atoms with E-state index in [-0.39, 0.29) is 18.6 Å². The Kier molecular flexibility index (Phi) is 5.13. The quantitative estimate of drug-likeness (QED) is 0.813. The van der Waals surface area contributed by atoms with Crippen LogP contribution in [0.3, 0.4) is 0 Å². The molecular weight excluding hydrogens is 344 g/mol. The fourth-order valence-corrected chi connectivity index (χ4v) is 4.17. The molecule has 138 valence electrons. The fourth-order valence-electron chi connectivity index (χ4n) is 2.90. The highest BCUT2D eigenvalue weighted by Crippen LogP contribution is 2.34. The molecule has 0 bridgehead atoms. The van der Waals surface area contributed by atoms with Gasteiger partial charge in [0.1, 0.15) is 0 Å². The number of anilines is 1. The Morgan fingerprint density at radius 1 is 1.32 bits per heavy atom. The third-order valence-electron chi connectivity index (χ3n) is 3.67. The first-order chi connectivity index (χ1) is 11.4. The maximum Gasteiger partial charge on any atom is 0.338 e. The largest absolute Gasteiger partial charge is 0.452 e. The Morgan fingerprint density at radius 3 is 2.52 bits per heavy atom. The van der Waals surface area contributed by atoms with E-state index in [9.17, 15) is 18.0 Å². The van der Waals surface area contributed by atoms with Crippen LogP contribution in [0.2, 0.25) is 0 Å². The molecule has 25 heavy (non-hydrogen) atoms. The Balaban J connectivity index is 2.09. The Bertz CT molecular complexity index is 796. The molecule has 8 heteroatoms. The molecule has 0 spiro atoms. The molecule has 0 saturated heterocycles. The summed E-state index contributed by atoms with van der Waals surface area (Å²) in [6, 6.07) is 4.54. The second kappa shape index (κ2) is 6.67. The van der Waals surface area contributed by atoms with Gasteiger partial charge >= 0.3 is 5.97 Å². The summed E-state index contributed by atoms with van der Waals surface area (Å²) in [5.41, 5.74) is 1.25. The highest BCUT2D eigenvalue weighted by molar-refractivity contribution is 7.92. The van der Waals surface area contributed by atoms with E-state index < -0.39 is 21.5 Å². The van der Waals surface area contributed by atoms with Gasteiger partial charge in [-0.05, 0) is 57.9 Å². The van der Waals surface area contributed by atoms with Crippen molar-refractivity contribution in [3.05, 3.63) is 29.3 Å². The zero-order chi connectivity index (χ0) is 19.0. The number of carbonyl (C=O) groups excluding carboxylic acids is 2. The van der Waals surface area contributed by atoms with Gasteiger partial charge in [0, 0.05) is 11.6 Å². The number of nitrogens with zero attached hydrogens (tertiary/aromatic N) is 1. The number of hydrogen-bond acceptors (Lipinski definition) is 5. The molecular formula is C17H24N2O5S. The van der Waals surface area contributed by atoms with Crippen LogP contribution in [0.4, 0.5) is 5.69 Å². The van der Waals surface area contributed by atoms with Crippen molar-refractivity contribution in [2.24, 2.45) is 0 Å². The second-order valence-electron chi connectivity index (χ2n) is 7.33. The van der Waals surface area contributed by atoms with Gasteiger partial charge in [0.2, 0.25) is 10.0 Å². The number of esters is 1. The van der Waals surface area contributed by atoms with Gasteiger partial charge in [0.05, 0.1) is 17.5 Å². The summed E-state index contributed by atoms with van der Waals surface area (Å²) in [5, 5.41) is 2.71. The number of nitrogens with one attached hydrogen (secondary N) is 1. The van der Waals surface area contributed by atoms with Crippen LogP contribution in [-0.2, 0) is 26.0 Å². The van der Waals surface area contributed by atoms with Crippen molar-refractivity contribution in [1.29, 1.82) is 0 Å². The number of fused-ring (bicyclic) bond motifs is 1. The molecule has 1 atom stereocenters. The molecule has 7 nitrogen and oxygen atoms in total. The van der Waals surface area contributed by atoms with Gasteiger partial charge in [-0.25, -0.2) is 13.2 Å². The maximum absolute atomic E-state index is 12.1. The van der Waals surface area contributed by atoms with Crippen LogP contribution in [0, 0.1) is 0 Å². The summed E-state index contributed by atoms with van der Waals surface area (Å²) < 4.78 is 30.2. The smallest absolute Gasteiger partial charge is 0.338 e. The summed E-state index contributed by atoms with van der Waals surface area (Å²) in [7, 11) is -3.37. The molecule has 0 radical (unpaired) electrons. The van der Waals surface area contributed by atoms with E-state index in [2.05, 4.69) is 5.32 Å².